The Morgan fingerprint density at radius 1 is 1.42 bits per heavy atom. The molecule has 1 saturated heterocycles. The molecule has 0 saturated carbocycles. The highest BCUT2D eigenvalue weighted by Crippen LogP contribution is 2.18. The van der Waals surface area contributed by atoms with Gasteiger partial charge in [0, 0.05) is 12.6 Å². The summed E-state index contributed by atoms with van der Waals surface area (Å²) in [6.07, 6.45) is 0.0115. The van der Waals surface area contributed by atoms with Gasteiger partial charge in [-0.25, -0.2) is 8.42 Å². The highest BCUT2D eigenvalue weighted by atomic mass is 32.2. The maximum Gasteiger partial charge on any atom is 0.240 e. The van der Waals surface area contributed by atoms with Crippen LogP contribution in [0.15, 0.2) is 0 Å². The number of carbonyl (C=O) groups is 2. The molecule has 2 amide bonds. The van der Waals surface area contributed by atoms with E-state index in [1.54, 1.807) is 0 Å². The molecule has 0 aliphatic carbocycles. The van der Waals surface area contributed by atoms with Crippen LogP contribution in [0.25, 0.3) is 0 Å². The summed E-state index contributed by atoms with van der Waals surface area (Å²) in [4.78, 5) is 24.0. The summed E-state index contributed by atoms with van der Waals surface area (Å²) in [6.45, 7) is -0.308. The first-order valence-electron chi connectivity index (χ1n) is 5.92. The van der Waals surface area contributed by atoms with Crippen molar-refractivity contribution in [1.82, 2.24) is 4.90 Å². The second-order valence-electron chi connectivity index (χ2n) is 4.59. The highest BCUT2D eigenvalue weighted by molar-refractivity contribution is 7.91. The Hall–Kier alpha value is -1.19. The number of rotatable bonds is 6. The molecule has 1 aliphatic rings. The molecule has 19 heavy (non-hydrogen) atoms. The first kappa shape index (κ1) is 15.9. The number of aliphatic hydroxyl groups is 1. The molecule has 5 N–H and O–H groups in total. The summed E-state index contributed by atoms with van der Waals surface area (Å²) in [5, 5.41) is 8.96. The zero-order valence-electron chi connectivity index (χ0n) is 10.5. The molecular weight excluding hydrogens is 274 g/mol. The Morgan fingerprint density at radius 2 is 2.05 bits per heavy atom. The standard InChI is InChI=1S/C10H19N3O5S/c11-8(5-9(12)15)10(16)13(2-3-14)7-1-4-19(17,18)6-7/h7-8,14H,1-6,11H2,(H2,12,15). The molecule has 9 heteroatoms. The molecule has 2 atom stereocenters. The minimum atomic E-state index is -3.15. The fourth-order valence-electron chi connectivity index (χ4n) is 2.12. The van der Waals surface area contributed by atoms with Gasteiger partial charge in [-0.3, -0.25) is 9.59 Å². The van der Waals surface area contributed by atoms with Crippen molar-refractivity contribution in [2.24, 2.45) is 11.5 Å². The fraction of sp³-hybridized carbons (Fsp3) is 0.800. The smallest absolute Gasteiger partial charge is 0.240 e. The number of sulfone groups is 1. The lowest BCUT2D eigenvalue weighted by Gasteiger charge is -2.29. The van der Waals surface area contributed by atoms with Crippen molar-refractivity contribution in [3.05, 3.63) is 0 Å². The summed E-state index contributed by atoms with van der Waals surface area (Å²) in [6, 6.07) is -1.60. The van der Waals surface area contributed by atoms with Crippen LogP contribution >= 0.6 is 0 Å². The molecule has 0 aromatic rings. The second kappa shape index (κ2) is 6.31. The Balaban J connectivity index is 2.77. The van der Waals surface area contributed by atoms with E-state index in [-0.39, 0.29) is 31.1 Å². The molecule has 2 unspecified atom stereocenters. The van der Waals surface area contributed by atoms with E-state index < -0.39 is 33.7 Å². The van der Waals surface area contributed by atoms with Crippen LogP contribution < -0.4 is 11.5 Å². The predicted molar refractivity (Wildman–Crippen MR) is 67.6 cm³/mol. The molecule has 0 spiro atoms. The molecule has 1 fully saturated rings. The third-order valence-corrected chi connectivity index (χ3v) is 4.76. The van der Waals surface area contributed by atoms with E-state index in [0.29, 0.717) is 6.42 Å². The summed E-state index contributed by atoms with van der Waals surface area (Å²) < 4.78 is 22.8. The fourth-order valence-corrected chi connectivity index (χ4v) is 3.85. The van der Waals surface area contributed by atoms with Gasteiger partial charge >= 0.3 is 0 Å². The summed E-state index contributed by atoms with van der Waals surface area (Å²) in [5.74, 6) is -1.39. The van der Waals surface area contributed by atoms with Crippen molar-refractivity contribution in [3.8, 4) is 0 Å². The number of hydrogen-bond donors (Lipinski definition) is 3. The number of nitrogens with two attached hydrogens (primary N) is 2. The lowest BCUT2D eigenvalue weighted by Crippen LogP contribution is -2.51. The molecule has 0 aromatic carbocycles. The molecule has 0 bridgehead atoms. The van der Waals surface area contributed by atoms with E-state index in [4.69, 9.17) is 16.6 Å². The van der Waals surface area contributed by atoms with E-state index >= 15 is 0 Å². The maximum atomic E-state index is 12.1. The number of hydrogen-bond acceptors (Lipinski definition) is 6. The molecule has 0 aromatic heterocycles. The van der Waals surface area contributed by atoms with Crippen molar-refractivity contribution >= 4 is 21.7 Å². The van der Waals surface area contributed by atoms with Crippen molar-refractivity contribution in [2.45, 2.75) is 24.9 Å². The van der Waals surface area contributed by atoms with Gasteiger partial charge in [0.2, 0.25) is 11.8 Å². The Morgan fingerprint density at radius 3 is 2.47 bits per heavy atom. The van der Waals surface area contributed by atoms with E-state index in [1.807, 2.05) is 0 Å². The summed E-state index contributed by atoms with van der Waals surface area (Å²) >= 11 is 0. The van der Waals surface area contributed by atoms with Gasteiger partial charge in [-0.2, -0.15) is 0 Å². The van der Waals surface area contributed by atoms with Gasteiger partial charge in [-0.05, 0) is 6.42 Å². The van der Waals surface area contributed by atoms with Gasteiger partial charge in [-0.1, -0.05) is 0 Å². The van der Waals surface area contributed by atoms with Gasteiger partial charge < -0.3 is 21.5 Å². The van der Waals surface area contributed by atoms with Gasteiger partial charge in [0.1, 0.15) is 0 Å². The van der Waals surface area contributed by atoms with Crippen LogP contribution in [0.3, 0.4) is 0 Å². The number of aliphatic hydroxyl groups excluding tert-OH is 1. The Kier molecular flexibility index (Phi) is 5.27. The SMILES string of the molecule is NC(=O)CC(N)C(=O)N(CCO)C1CCS(=O)(=O)C1. The zero-order valence-corrected chi connectivity index (χ0v) is 11.3. The monoisotopic (exact) mass is 293 g/mol. The first-order valence-corrected chi connectivity index (χ1v) is 7.74. The second-order valence-corrected chi connectivity index (χ2v) is 6.82. The van der Waals surface area contributed by atoms with Crippen molar-refractivity contribution < 1.29 is 23.1 Å². The molecule has 0 radical (unpaired) electrons. The topological polar surface area (TPSA) is 144 Å². The molecule has 8 nitrogen and oxygen atoms in total. The van der Waals surface area contributed by atoms with Gasteiger partial charge in [0.15, 0.2) is 9.84 Å². The first-order chi connectivity index (χ1) is 8.76. The van der Waals surface area contributed by atoms with Gasteiger partial charge in [0.05, 0.1) is 30.6 Å². The largest absolute Gasteiger partial charge is 0.395 e. The lowest BCUT2D eigenvalue weighted by molar-refractivity contribution is -0.136. The molecule has 110 valence electrons. The van der Waals surface area contributed by atoms with E-state index in [1.165, 1.54) is 4.90 Å². The zero-order chi connectivity index (χ0) is 14.6. The average molecular weight is 293 g/mol. The summed E-state index contributed by atoms with van der Waals surface area (Å²) in [5.41, 5.74) is 10.5. The highest BCUT2D eigenvalue weighted by Gasteiger charge is 2.36. The molecule has 1 heterocycles. The third kappa shape index (κ3) is 4.44. The molecule has 1 aliphatic heterocycles. The minimum Gasteiger partial charge on any atom is -0.395 e. The van der Waals surface area contributed by atoms with E-state index in [2.05, 4.69) is 0 Å². The van der Waals surface area contributed by atoms with Crippen LogP contribution in [-0.4, -0.2) is 67.0 Å². The van der Waals surface area contributed by atoms with Crippen molar-refractivity contribution in [2.75, 3.05) is 24.7 Å². The number of primary amides is 1. The number of nitrogens with zero attached hydrogens (tertiary/aromatic N) is 1. The van der Waals surface area contributed by atoms with Crippen LogP contribution in [0.1, 0.15) is 12.8 Å². The predicted octanol–water partition coefficient (Wildman–Crippen LogP) is -2.80. The Bertz CT molecular complexity index is 450. The minimum absolute atomic E-state index is 0.00845. The van der Waals surface area contributed by atoms with Gasteiger partial charge in [0.25, 0.3) is 0 Å². The lowest BCUT2D eigenvalue weighted by atomic mass is 10.1. The number of amides is 2. The quantitative estimate of drug-likeness (QED) is 0.482. The van der Waals surface area contributed by atoms with Crippen LogP contribution in [0, 0.1) is 0 Å². The maximum absolute atomic E-state index is 12.1. The van der Waals surface area contributed by atoms with E-state index in [0.717, 1.165) is 0 Å². The van der Waals surface area contributed by atoms with Crippen LogP contribution in [0.2, 0.25) is 0 Å². The number of carbonyl (C=O) groups excluding carboxylic acids is 2. The Labute approximate surface area is 111 Å². The van der Waals surface area contributed by atoms with Gasteiger partial charge in [-0.15, -0.1) is 0 Å². The molecular formula is C10H19N3O5S. The normalized spacial score (nSPS) is 22.9. The van der Waals surface area contributed by atoms with E-state index in [9.17, 15) is 18.0 Å². The summed E-state index contributed by atoms with van der Waals surface area (Å²) in [7, 11) is -3.15. The van der Waals surface area contributed by atoms with Crippen LogP contribution in [0.5, 0.6) is 0 Å². The third-order valence-electron chi connectivity index (χ3n) is 3.01. The van der Waals surface area contributed by atoms with Crippen LogP contribution in [0.4, 0.5) is 0 Å². The molecule has 1 rings (SSSR count). The van der Waals surface area contributed by atoms with Crippen LogP contribution in [-0.2, 0) is 19.4 Å². The van der Waals surface area contributed by atoms with Crippen molar-refractivity contribution in [3.63, 3.8) is 0 Å². The van der Waals surface area contributed by atoms with Crippen molar-refractivity contribution in [1.29, 1.82) is 0 Å². The average Bonchev–Trinajstić information content (AvgIpc) is 2.64.